The Morgan fingerprint density at radius 2 is 1.22 bits per heavy atom. The first-order valence-electron chi connectivity index (χ1n) is 18.1. The average Bonchev–Trinajstić information content (AvgIpc) is 3.82. The summed E-state index contributed by atoms with van der Waals surface area (Å²) < 4.78 is 13.5. The number of benzene rings is 3. The smallest absolute Gasteiger partial charge is 0.307 e. The Labute approximate surface area is 309 Å². The van der Waals surface area contributed by atoms with Crippen LogP contribution in [0.15, 0.2) is 66.7 Å². The van der Waals surface area contributed by atoms with Crippen LogP contribution in [-0.2, 0) is 11.2 Å². The van der Waals surface area contributed by atoms with Gasteiger partial charge in [-0.25, -0.2) is 4.39 Å². The van der Waals surface area contributed by atoms with Crippen molar-refractivity contribution in [2.45, 2.75) is 83.0 Å². The zero-order chi connectivity index (χ0) is 36.4. The molecule has 4 fully saturated rings. The third kappa shape index (κ3) is 8.87. The number of carbonyl (C=O) groups excluding carboxylic acids is 2. The fourth-order valence-electron chi connectivity index (χ4n) is 9.02. The quantitative estimate of drug-likeness (QED) is 0.130. The van der Waals surface area contributed by atoms with Crippen molar-refractivity contribution in [3.63, 3.8) is 0 Å². The van der Waals surface area contributed by atoms with E-state index in [2.05, 4.69) is 29.8 Å². The fourth-order valence-corrected chi connectivity index (χ4v) is 9.27. The van der Waals surface area contributed by atoms with E-state index in [1.807, 2.05) is 0 Å². The Balaban J connectivity index is 0.000000193. The first kappa shape index (κ1) is 37.1. The molecule has 0 aromatic heterocycles. The van der Waals surface area contributed by atoms with Crippen molar-refractivity contribution in [3.8, 4) is 0 Å². The third-order valence-electron chi connectivity index (χ3n) is 11.5. The van der Waals surface area contributed by atoms with E-state index in [4.69, 9.17) is 34.0 Å². The van der Waals surface area contributed by atoms with Gasteiger partial charge in [0.1, 0.15) is 5.82 Å². The summed E-state index contributed by atoms with van der Waals surface area (Å²) in [6.07, 6.45) is 5.82. The van der Waals surface area contributed by atoms with Crippen LogP contribution in [0.3, 0.4) is 0 Å². The molecule has 4 saturated carbocycles. The predicted molar refractivity (Wildman–Crippen MR) is 199 cm³/mol. The van der Waals surface area contributed by atoms with E-state index in [-0.39, 0.29) is 36.4 Å². The van der Waals surface area contributed by atoms with Crippen molar-refractivity contribution < 1.29 is 23.9 Å². The van der Waals surface area contributed by atoms with Gasteiger partial charge in [0.15, 0.2) is 0 Å². The second kappa shape index (κ2) is 15.9. The van der Waals surface area contributed by atoms with Crippen LogP contribution in [-0.4, -0.2) is 47.1 Å². The Kier molecular flexibility index (Phi) is 11.6. The number of anilines is 1. The summed E-state index contributed by atoms with van der Waals surface area (Å²) in [5, 5.41) is 20.1. The normalized spacial score (nSPS) is 27.9. The molecule has 6 N–H and O–H groups in total. The van der Waals surface area contributed by atoms with E-state index in [1.54, 1.807) is 54.6 Å². The van der Waals surface area contributed by atoms with E-state index in [0.29, 0.717) is 62.1 Å². The number of carboxylic acids is 1. The average molecular weight is 738 g/mol. The molecule has 0 aliphatic heterocycles. The van der Waals surface area contributed by atoms with Gasteiger partial charge in [-0.05, 0) is 146 Å². The summed E-state index contributed by atoms with van der Waals surface area (Å²) >= 11 is 11.7. The molecule has 7 rings (SSSR count). The van der Waals surface area contributed by atoms with Gasteiger partial charge in [0.25, 0.3) is 11.8 Å². The van der Waals surface area contributed by atoms with Gasteiger partial charge in [-0.1, -0.05) is 37.0 Å². The lowest BCUT2D eigenvalue weighted by Gasteiger charge is -2.23. The van der Waals surface area contributed by atoms with Crippen LogP contribution in [0.25, 0.3) is 0 Å². The number of carboxylic acid groups (broad SMARTS) is 1. The molecule has 8 nitrogen and oxygen atoms in total. The minimum Gasteiger partial charge on any atom is -0.481 e. The van der Waals surface area contributed by atoms with Crippen molar-refractivity contribution in [3.05, 3.63) is 99.3 Å². The number of amides is 2. The number of fused-ring (bicyclic) bond motifs is 2. The number of rotatable bonds is 12. The predicted octanol–water partition coefficient (Wildman–Crippen LogP) is 7.58. The molecule has 0 heterocycles. The highest BCUT2D eigenvalue weighted by molar-refractivity contribution is 6.31. The summed E-state index contributed by atoms with van der Waals surface area (Å²) in [6, 6.07) is 19.2. The van der Waals surface area contributed by atoms with Gasteiger partial charge < -0.3 is 26.8 Å². The molecular weight excluding hydrogens is 690 g/mol. The molecule has 3 aromatic rings. The summed E-state index contributed by atoms with van der Waals surface area (Å²) in [7, 11) is 0. The monoisotopic (exact) mass is 736 g/mol. The van der Waals surface area contributed by atoms with Crippen LogP contribution < -0.4 is 21.7 Å². The Hall–Kier alpha value is -3.66. The van der Waals surface area contributed by atoms with Gasteiger partial charge in [-0.2, -0.15) is 0 Å². The van der Waals surface area contributed by atoms with Crippen molar-refractivity contribution in [2.75, 3.05) is 5.32 Å². The van der Waals surface area contributed by atoms with Crippen molar-refractivity contribution >= 4 is 46.7 Å². The SMILES string of the molecule is CCC(NC(=O)c1ccc(Cl)cc1)C1[C@H]2CC(N)C[C@@H]12.CCC(NC(=O)c1ccc(Cl)cc1)C1[C@H]2CC(Nc3ccc(F)cc3CC(=O)O)C[C@@H]12. The van der Waals surface area contributed by atoms with Gasteiger partial charge >= 0.3 is 5.97 Å². The lowest BCUT2D eigenvalue weighted by atomic mass is 9.98. The Bertz CT molecular complexity index is 1700. The minimum absolute atomic E-state index is 0.00258. The van der Waals surface area contributed by atoms with E-state index in [9.17, 15) is 18.8 Å². The van der Waals surface area contributed by atoms with E-state index in [1.165, 1.54) is 12.1 Å². The lowest BCUT2D eigenvalue weighted by Crippen LogP contribution is -2.38. The van der Waals surface area contributed by atoms with Gasteiger partial charge in [-0.15, -0.1) is 0 Å². The number of carbonyl (C=O) groups is 3. The molecule has 2 amide bonds. The zero-order valence-electron chi connectivity index (χ0n) is 29.0. The summed E-state index contributed by atoms with van der Waals surface area (Å²) in [4.78, 5) is 35.9. The molecule has 11 heteroatoms. The summed E-state index contributed by atoms with van der Waals surface area (Å²) in [6.45, 7) is 4.23. The number of nitrogens with one attached hydrogen (secondary N) is 3. The standard InChI is InChI=1S/C24H26ClFN2O3.C16H21ClN2O/c1-2-20(28-24(31)13-3-5-15(25)6-4-13)23-18-11-17(12-19(18)23)27-21-8-7-16(26)9-14(21)10-22(29)30;1-2-14(15-12-7-11(18)8-13(12)15)19-16(20)9-3-5-10(17)6-4-9/h3-9,17-20,23,27H,2,10-12H2,1H3,(H,28,31)(H,29,30);3-6,11-15H,2,7-8,18H2,1H3,(H,19,20)/t17?,18-,19+,20?,23?;11?,12-,13+,14?,15?. The Morgan fingerprint density at radius 1 is 0.765 bits per heavy atom. The number of hydrogen-bond acceptors (Lipinski definition) is 5. The maximum Gasteiger partial charge on any atom is 0.307 e. The maximum absolute atomic E-state index is 13.5. The van der Waals surface area contributed by atoms with Gasteiger partial charge in [0.05, 0.1) is 6.42 Å². The van der Waals surface area contributed by atoms with Crippen LogP contribution >= 0.6 is 23.2 Å². The summed E-state index contributed by atoms with van der Waals surface area (Å²) in [5.41, 5.74) is 8.40. The zero-order valence-corrected chi connectivity index (χ0v) is 30.5. The number of aliphatic carboxylic acids is 1. The number of nitrogens with two attached hydrogens (primary N) is 1. The number of halogens is 3. The lowest BCUT2D eigenvalue weighted by molar-refractivity contribution is -0.136. The Morgan fingerprint density at radius 3 is 1.65 bits per heavy atom. The van der Waals surface area contributed by atoms with E-state index in [0.717, 1.165) is 50.4 Å². The molecule has 51 heavy (non-hydrogen) atoms. The van der Waals surface area contributed by atoms with Gasteiger partial charge in [0.2, 0.25) is 0 Å². The molecular formula is C40H47Cl2FN4O4. The topological polar surface area (TPSA) is 134 Å². The van der Waals surface area contributed by atoms with Crippen LogP contribution in [0, 0.1) is 41.3 Å². The molecule has 10 atom stereocenters. The second-order valence-electron chi connectivity index (χ2n) is 14.7. The van der Waals surface area contributed by atoms with Gasteiger partial charge in [-0.3, -0.25) is 14.4 Å². The molecule has 4 aliphatic rings. The molecule has 6 unspecified atom stereocenters. The molecule has 0 bridgehead atoms. The van der Waals surface area contributed by atoms with E-state index < -0.39 is 11.8 Å². The fraction of sp³-hybridized carbons (Fsp3) is 0.475. The largest absolute Gasteiger partial charge is 0.481 e. The van der Waals surface area contributed by atoms with Crippen molar-refractivity contribution in [1.29, 1.82) is 0 Å². The highest BCUT2D eigenvalue weighted by Gasteiger charge is 2.59. The highest BCUT2D eigenvalue weighted by Crippen LogP contribution is 2.60. The van der Waals surface area contributed by atoms with Crippen molar-refractivity contribution in [1.82, 2.24) is 10.6 Å². The first-order chi connectivity index (χ1) is 24.4. The molecule has 3 aromatic carbocycles. The highest BCUT2D eigenvalue weighted by atomic mass is 35.5. The maximum atomic E-state index is 13.5. The third-order valence-corrected chi connectivity index (χ3v) is 12.0. The van der Waals surface area contributed by atoms with Crippen LogP contribution in [0.4, 0.5) is 10.1 Å². The molecule has 0 spiro atoms. The molecule has 272 valence electrons. The van der Waals surface area contributed by atoms with E-state index >= 15 is 0 Å². The van der Waals surface area contributed by atoms with Crippen molar-refractivity contribution in [2.24, 2.45) is 41.2 Å². The van der Waals surface area contributed by atoms with Gasteiger partial charge in [0, 0.05) is 51.0 Å². The van der Waals surface area contributed by atoms with Crippen LogP contribution in [0.2, 0.25) is 10.0 Å². The van der Waals surface area contributed by atoms with Crippen LogP contribution in [0.5, 0.6) is 0 Å². The van der Waals surface area contributed by atoms with Crippen LogP contribution in [0.1, 0.15) is 78.7 Å². The molecule has 4 aliphatic carbocycles. The first-order valence-corrected chi connectivity index (χ1v) is 18.9. The minimum atomic E-state index is -0.981. The molecule has 0 saturated heterocycles. The summed E-state index contributed by atoms with van der Waals surface area (Å²) in [5.74, 6) is 2.16. The molecule has 0 radical (unpaired) electrons. The second-order valence-corrected chi connectivity index (χ2v) is 15.6. The number of hydrogen-bond donors (Lipinski definition) is 5.